The van der Waals surface area contributed by atoms with Crippen molar-refractivity contribution < 1.29 is 16.8 Å². The molecule has 2 aromatic carbocycles. The van der Waals surface area contributed by atoms with Crippen LogP contribution < -0.4 is 18.4 Å². The van der Waals surface area contributed by atoms with Gasteiger partial charge in [-0.15, -0.1) is 0 Å². The number of hydrogen-bond donors (Lipinski definition) is 2. The van der Waals surface area contributed by atoms with Gasteiger partial charge >= 0.3 is 192 Å². The molecule has 10 heteroatoms. The third kappa shape index (κ3) is 7.46. The Morgan fingerprint density at radius 1 is 0.600 bits per heavy atom. The van der Waals surface area contributed by atoms with Gasteiger partial charge in [0.1, 0.15) is 0 Å². The van der Waals surface area contributed by atoms with Crippen LogP contribution in [-0.2, 0) is 20.0 Å². The molecule has 0 heterocycles. The van der Waals surface area contributed by atoms with Gasteiger partial charge in [0.05, 0.1) is 0 Å². The Morgan fingerprint density at radius 3 is 1.20 bits per heavy atom. The fourth-order valence-corrected chi connectivity index (χ4v) is 15.2. The van der Waals surface area contributed by atoms with Crippen molar-refractivity contribution in [1.29, 1.82) is 0 Å². The monoisotopic (exact) mass is 584 g/mol. The zero-order chi connectivity index (χ0) is 22.8. The Labute approximate surface area is 191 Å². The molecule has 0 unspecified atom stereocenters. The average Bonchev–Trinajstić information content (AvgIpc) is 2.56. The van der Waals surface area contributed by atoms with E-state index in [4.69, 9.17) is 0 Å². The number of rotatable bonds is 7. The van der Waals surface area contributed by atoms with Gasteiger partial charge in [-0.2, -0.15) is 0 Å². The molecular weight excluding hydrogens is 554 g/mol. The van der Waals surface area contributed by atoms with Crippen LogP contribution >= 0.6 is 0 Å². The fraction of sp³-hybridized carbons (Fsp3) is 0.400. The minimum atomic E-state index is -3.67. The molecular formula is C20H28N2O4S2Se2. The molecule has 0 aliphatic heterocycles. The first kappa shape index (κ1) is 25.6. The van der Waals surface area contributed by atoms with Gasteiger partial charge in [-0.1, -0.05) is 0 Å². The van der Waals surface area contributed by atoms with E-state index in [2.05, 4.69) is 9.44 Å². The van der Waals surface area contributed by atoms with Gasteiger partial charge in [0.15, 0.2) is 0 Å². The van der Waals surface area contributed by atoms with Gasteiger partial charge < -0.3 is 0 Å². The summed E-state index contributed by atoms with van der Waals surface area (Å²) in [5.74, 6) is 0. The summed E-state index contributed by atoms with van der Waals surface area (Å²) in [5.41, 5.74) is -1.19. The third-order valence-electron chi connectivity index (χ3n) is 3.38. The predicted molar refractivity (Wildman–Crippen MR) is 124 cm³/mol. The van der Waals surface area contributed by atoms with Gasteiger partial charge in [-0.3, -0.25) is 0 Å². The van der Waals surface area contributed by atoms with Crippen LogP contribution in [0.15, 0.2) is 58.3 Å². The summed E-state index contributed by atoms with van der Waals surface area (Å²) >= 11 is -0.437. The second kappa shape index (κ2) is 9.43. The van der Waals surface area contributed by atoms with E-state index in [1.807, 2.05) is 24.3 Å². The summed E-state index contributed by atoms with van der Waals surface area (Å²) in [7, 11) is -7.34. The van der Waals surface area contributed by atoms with Crippen LogP contribution in [0.2, 0.25) is 0 Å². The van der Waals surface area contributed by atoms with E-state index in [0.29, 0.717) is 0 Å². The SMILES string of the molecule is CC(C)(C)NS(=O)(=O)c1ccccc1[Se][Se]c1ccccc1S(=O)(=O)NC(C)(C)C. The molecule has 2 aromatic rings. The van der Waals surface area contributed by atoms with E-state index >= 15 is 0 Å². The normalized spacial score (nSPS) is 13.4. The first-order chi connectivity index (χ1) is 13.6. The molecule has 0 radical (unpaired) electrons. The summed E-state index contributed by atoms with van der Waals surface area (Å²) in [5, 5.41) is 0. The van der Waals surface area contributed by atoms with Crippen molar-refractivity contribution >= 4 is 55.2 Å². The molecule has 0 fully saturated rings. The molecule has 0 spiro atoms. The Morgan fingerprint density at radius 2 is 0.900 bits per heavy atom. The molecule has 166 valence electrons. The van der Waals surface area contributed by atoms with E-state index in [1.165, 1.54) is 0 Å². The molecule has 0 aromatic heterocycles. The Kier molecular flexibility index (Phi) is 8.03. The molecule has 0 saturated heterocycles. The maximum absolute atomic E-state index is 12.9. The summed E-state index contributed by atoms with van der Waals surface area (Å²) in [6, 6.07) is 13.9. The number of nitrogens with one attached hydrogen (secondary N) is 2. The van der Waals surface area contributed by atoms with Crippen molar-refractivity contribution in [3.05, 3.63) is 48.5 Å². The molecule has 0 saturated carbocycles. The van der Waals surface area contributed by atoms with E-state index in [-0.39, 0.29) is 36.1 Å². The van der Waals surface area contributed by atoms with Crippen molar-refractivity contribution in [2.75, 3.05) is 0 Å². The van der Waals surface area contributed by atoms with Crippen molar-refractivity contribution in [2.24, 2.45) is 0 Å². The van der Waals surface area contributed by atoms with E-state index < -0.39 is 31.1 Å². The number of hydrogen-bond acceptors (Lipinski definition) is 4. The Bertz CT molecular complexity index is 1010. The predicted octanol–water partition coefficient (Wildman–Crippen LogP) is 1.11. The fourth-order valence-electron chi connectivity index (χ4n) is 2.49. The average molecular weight is 583 g/mol. The van der Waals surface area contributed by atoms with E-state index in [1.54, 1.807) is 65.8 Å². The van der Waals surface area contributed by atoms with Crippen molar-refractivity contribution in [3.8, 4) is 0 Å². The van der Waals surface area contributed by atoms with E-state index in [0.717, 1.165) is 8.92 Å². The topological polar surface area (TPSA) is 92.3 Å². The third-order valence-corrected chi connectivity index (χ3v) is 14.8. The van der Waals surface area contributed by atoms with Gasteiger partial charge in [-0.25, -0.2) is 0 Å². The molecule has 0 amide bonds. The van der Waals surface area contributed by atoms with Crippen LogP contribution in [0.1, 0.15) is 41.5 Å². The van der Waals surface area contributed by atoms with E-state index in [9.17, 15) is 16.8 Å². The Hall–Kier alpha value is -0.701. The summed E-state index contributed by atoms with van der Waals surface area (Å²) in [4.78, 5) is 0.518. The molecule has 0 aliphatic rings. The van der Waals surface area contributed by atoms with Crippen LogP contribution in [0.25, 0.3) is 0 Å². The van der Waals surface area contributed by atoms with Crippen molar-refractivity contribution in [1.82, 2.24) is 9.44 Å². The molecule has 2 N–H and O–H groups in total. The number of sulfonamides is 2. The van der Waals surface area contributed by atoms with Gasteiger partial charge in [0.2, 0.25) is 0 Å². The molecule has 2 rings (SSSR count). The van der Waals surface area contributed by atoms with Crippen LogP contribution in [-0.4, -0.2) is 54.2 Å². The second-order valence-electron chi connectivity index (χ2n) is 8.77. The zero-order valence-corrected chi connectivity index (χ0v) is 22.9. The van der Waals surface area contributed by atoms with Crippen molar-refractivity contribution in [3.63, 3.8) is 0 Å². The summed E-state index contributed by atoms with van der Waals surface area (Å²) in [6.07, 6.45) is 0. The van der Waals surface area contributed by atoms with Crippen LogP contribution in [0.5, 0.6) is 0 Å². The van der Waals surface area contributed by atoms with Crippen LogP contribution in [0.3, 0.4) is 0 Å². The molecule has 30 heavy (non-hydrogen) atoms. The summed E-state index contributed by atoms with van der Waals surface area (Å²) in [6.45, 7) is 10.8. The van der Waals surface area contributed by atoms with Crippen LogP contribution in [0.4, 0.5) is 0 Å². The first-order valence-electron chi connectivity index (χ1n) is 9.21. The van der Waals surface area contributed by atoms with Gasteiger partial charge in [-0.05, 0) is 0 Å². The quantitative estimate of drug-likeness (QED) is 0.479. The van der Waals surface area contributed by atoms with Gasteiger partial charge in [0.25, 0.3) is 0 Å². The van der Waals surface area contributed by atoms with Crippen molar-refractivity contribution in [2.45, 2.75) is 62.4 Å². The molecule has 0 atom stereocenters. The van der Waals surface area contributed by atoms with Crippen LogP contribution in [0, 0.1) is 0 Å². The molecule has 0 aliphatic carbocycles. The van der Waals surface area contributed by atoms with Gasteiger partial charge in [0, 0.05) is 0 Å². The zero-order valence-electron chi connectivity index (χ0n) is 17.9. The molecule has 0 bridgehead atoms. The minimum absolute atomic E-state index is 0.219. The maximum atomic E-state index is 12.9. The first-order valence-corrected chi connectivity index (χ1v) is 18.2. The summed E-state index contributed by atoms with van der Waals surface area (Å²) < 4.78 is 58.3. The standard InChI is InChI=1S/C20H28N2O4S2Se2/c1-19(2,3)21-27(23,24)15-11-7-9-13-17(15)29-30-18-14-10-8-12-16(18)28(25,26)22-20(4,5)6/h7-14,21-22H,1-6H3. The number of benzene rings is 2. The molecule has 6 nitrogen and oxygen atoms in total. The Balaban J connectivity index is 2.35. The second-order valence-corrected chi connectivity index (χ2v) is 18.3.